The van der Waals surface area contributed by atoms with Crippen molar-refractivity contribution in [3.8, 4) is 0 Å². The molecule has 0 N–H and O–H groups in total. The maximum absolute atomic E-state index is 13.1. The first kappa shape index (κ1) is 16.7. The van der Waals surface area contributed by atoms with E-state index in [1.807, 2.05) is 31.2 Å². The molecule has 2 heterocycles. The smallest absolute Gasteiger partial charge is 0.236 e. The predicted molar refractivity (Wildman–Crippen MR) is 89.9 cm³/mol. The van der Waals surface area contributed by atoms with Gasteiger partial charge in [0.15, 0.2) is 0 Å². The highest BCUT2D eigenvalue weighted by atomic mass is 19.1. The van der Waals surface area contributed by atoms with Crippen LogP contribution in [0.5, 0.6) is 0 Å². The Hall–Kier alpha value is -2.14. The number of carbonyl (C=O) groups excluding carboxylic acids is 1. The van der Waals surface area contributed by atoms with E-state index >= 15 is 0 Å². The van der Waals surface area contributed by atoms with Crippen LogP contribution >= 0.6 is 0 Å². The number of carbonyl (C=O) groups is 1. The second-order valence-electron chi connectivity index (χ2n) is 6.44. The summed E-state index contributed by atoms with van der Waals surface area (Å²) < 4.78 is 18.6. The average molecular weight is 330 g/mol. The Morgan fingerprint density at radius 3 is 2.71 bits per heavy atom. The van der Waals surface area contributed by atoms with Gasteiger partial charge in [0.1, 0.15) is 17.3 Å². The van der Waals surface area contributed by atoms with E-state index in [1.165, 1.54) is 12.1 Å². The second kappa shape index (κ2) is 7.18. The molecule has 0 saturated carbocycles. The number of nitrogens with zero attached hydrogens (tertiary/aromatic N) is 2. The summed E-state index contributed by atoms with van der Waals surface area (Å²) in [5.74, 6) is 1.48. The van der Waals surface area contributed by atoms with E-state index in [1.54, 1.807) is 11.9 Å². The molecule has 2 aromatic rings. The molecule has 1 aliphatic rings. The van der Waals surface area contributed by atoms with Gasteiger partial charge in [0.25, 0.3) is 0 Å². The van der Waals surface area contributed by atoms with Crippen molar-refractivity contribution in [1.29, 1.82) is 0 Å². The molecule has 1 aromatic heterocycles. The van der Waals surface area contributed by atoms with Crippen LogP contribution in [-0.2, 0) is 11.3 Å². The number of likely N-dealkylation sites (tertiary alicyclic amines) is 1. The van der Waals surface area contributed by atoms with E-state index in [4.69, 9.17) is 4.42 Å². The van der Waals surface area contributed by atoms with Crippen LogP contribution in [0.2, 0.25) is 0 Å². The molecule has 1 fully saturated rings. The normalized spacial score (nSPS) is 18.0. The van der Waals surface area contributed by atoms with E-state index in [0.29, 0.717) is 13.1 Å². The van der Waals surface area contributed by atoms with Crippen LogP contribution < -0.4 is 0 Å². The number of halogens is 1. The maximum atomic E-state index is 13.1. The summed E-state index contributed by atoms with van der Waals surface area (Å²) in [6, 6.07) is 10.6. The Balaban J connectivity index is 1.61. The van der Waals surface area contributed by atoms with Gasteiger partial charge in [-0.15, -0.1) is 0 Å². The summed E-state index contributed by atoms with van der Waals surface area (Å²) in [4.78, 5) is 16.4. The number of likely N-dealkylation sites (N-methyl/N-ethyl adjacent to an activating group) is 1. The molecule has 3 rings (SSSR count). The van der Waals surface area contributed by atoms with E-state index < -0.39 is 0 Å². The fraction of sp³-hybridized carbons (Fsp3) is 0.421. The largest absolute Gasteiger partial charge is 0.464 e. The third-order valence-corrected chi connectivity index (χ3v) is 4.57. The van der Waals surface area contributed by atoms with Crippen LogP contribution in [0.3, 0.4) is 0 Å². The minimum absolute atomic E-state index is 0.0677. The van der Waals surface area contributed by atoms with Crippen molar-refractivity contribution in [3.05, 3.63) is 59.3 Å². The molecule has 0 aliphatic carbocycles. The molecule has 1 aliphatic heterocycles. The molecule has 0 radical (unpaired) electrons. The van der Waals surface area contributed by atoms with E-state index in [-0.39, 0.29) is 17.8 Å². The first-order valence-electron chi connectivity index (χ1n) is 8.32. The summed E-state index contributed by atoms with van der Waals surface area (Å²) in [7, 11) is 1.79. The van der Waals surface area contributed by atoms with Gasteiger partial charge < -0.3 is 9.32 Å². The maximum Gasteiger partial charge on any atom is 0.236 e. The molecule has 1 saturated heterocycles. The summed E-state index contributed by atoms with van der Waals surface area (Å²) in [6.45, 7) is 3.63. The highest BCUT2D eigenvalue weighted by Crippen LogP contribution is 2.31. The lowest BCUT2D eigenvalue weighted by atomic mass is 10.0. The van der Waals surface area contributed by atoms with Gasteiger partial charge in [-0.3, -0.25) is 9.69 Å². The third kappa shape index (κ3) is 3.85. The Labute approximate surface area is 141 Å². The minimum atomic E-state index is -0.229. The lowest BCUT2D eigenvalue weighted by molar-refractivity contribution is -0.132. The molecule has 1 atom stereocenters. The van der Waals surface area contributed by atoms with Crippen molar-refractivity contribution in [2.24, 2.45) is 0 Å². The molecule has 0 spiro atoms. The van der Waals surface area contributed by atoms with Gasteiger partial charge >= 0.3 is 0 Å². The fourth-order valence-electron chi connectivity index (χ4n) is 3.26. The Bertz CT molecular complexity index is 696. The zero-order chi connectivity index (χ0) is 17.1. The van der Waals surface area contributed by atoms with Gasteiger partial charge in [-0.05, 0) is 56.1 Å². The Kier molecular flexibility index (Phi) is 5.00. The van der Waals surface area contributed by atoms with Crippen LogP contribution in [0.25, 0.3) is 0 Å². The Morgan fingerprint density at radius 2 is 2.04 bits per heavy atom. The van der Waals surface area contributed by atoms with Crippen molar-refractivity contribution in [3.63, 3.8) is 0 Å². The summed E-state index contributed by atoms with van der Waals surface area (Å²) >= 11 is 0. The molecule has 4 nitrogen and oxygen atoms in total. The topological polar surface area (TPSA) is 36.7 Å². The summed E-state index contributed by atoms with van der Waals surface area (Å²) in [6.07, 6.45) is 2.05. The van der Waals surface area contributed by atoms with Crippen molar-refractivity contribution < 1.29 is 13.6 Å². The van der Waals surface area contributed by atoms with Crippen molar-refractivity contribution in [1.82, 2.24) is 9.80 Å². The predicted octanol–water partition coefficient (Wildman–Crippen LogP) is 3.52. The molecule has 1 aromatic carbocycles. The van der Waals surface area contributed by atoms with Crippen molar-refractivity contribution in [2.45, 2.75) is 32.4 Å². The average Bonchev–Trinajstić information content (AvgIpc) is 3.17. The highest BCUT2D eigenvalue weighted by Gasteiger charge is 2.28. The van der Waals surface area contributed by atoms with Crippen LogP contribution in [0.1, 0.15) is 36.0 Å². The fourth-order valence-corrected chi connectivity index (χ4v) is 3.26. The first-order valence-corrected chi connectivity index (χ1v) is 8.32. The zero-order valence-electron chi connectivity index (χ0n) is 14.2. The summed E-state index contributed by atoms with van der Waals surface area (Å²) in [5, 5.41) is 0. The number of furan rings is 1. The SMILES string of the molecule is Cc1ccc(CN(C)C(=O)CN2CCCC2c2ccc(F)cc2)o1. The molecule has 24 heavy (non-hydrogen) atoms. The molecule has 1 amide bonds. The molecule has 5 heteroatoms. The zero-order valence-corrected chi connectivity index (χ0v) is 14.2. The van der Waals surface area contributed by atoms with Gasteiger partial charge in [0, 0.05) is 13.1 Å². The van der Waals surface area contributed by atoms with Crippen LogP contribution in [-0.4, -0.2) is 35.8 Å². The molecule has 1 unspecified atom stereocenters. The van der Waals surface area contributed by atoms with Crippen molar-refractivity contribution in [2.75, 3.05) is 20.1 Å². The molecular weight excluding hydrogens is 307 g/mol. The molecular formula is C19H23FN2O2. The monoisotopic (exact) mass is 330 g/mol. The van der Waals surface area contributed by atoms with Gasteiger partial charge in [-0.25, -0.2) is 4.39 Å². The lowest BCUT2D eigenvalue weighted by Gasteiger charge is -2.26. The van der Waals surface area contributed by atoms with Gasteiger partial charge in [0.2, 0.25) is 5.91 Å². The number of hydrogen-bond donors (Lipinski definition) is 0. The van der Waals surface area contributed by atoms with Crippen molar-refractivity contribution >= 4 is 5.91 Å². The minimum Gasteiger partial charge on any atom is -0.464 e. The third-order valence-electron chi connectivity index (χ3n) is 4.57. The number of hydrogen-bond acceptors (Lipinski definition) is 3. The summed E-state index contributed by atoms with van der Waals surface area (Å²) in [5.41, 5.74) is 1.08. The number of rotatable bonds is 5. The van der Waals surface area contributed by atoms with Gasteiger partial charge in [-0.2, -0.15) is 0 Å². The standard InChI is InChI=1S/C19H23FN2O2/c1-14-5-10-17(24-14)12-21(2)19(23)13-22-11-3-4-18(22)15-6-8-16(20)9-7-15/h5-10,18H,3-4,11-13H2,1-2H3. The Morgan fingerprint density at radius 1 is 1.29 bits per heavy atom. The first-order chi connectivity index (χ1) is 11.5. The van der Waals surface area contributed by atoms with E-state index in [9.17, 15) is 9.18 Å². The number of aryl methyl sites for hydroxylation is 1. The van der Waals surface area contributed by atoms with Gasteiger partial charge in [-0.1, -0.05) is 12.1 Å². The number of amides is 1. The molecule has 0 bridgehead atoms. The van der Waals surface area contributed by atoms with E-state index in [0.717, 1.165) is 36.5 Å². The molecule has 128 valence electrons. The second-order valence-corrected chi connectivity index (χ2v) is 6.44. The van der Waals surface area contributed by atoms with Crippen LogP contribution in [0.15, 0.2) is 40.8 Å². The lowest BCUT2D eigenvalue weighted by Crippen LogP contribution is -2.37. The highest BCUT2D eigenvalue weighted by molar-refractivity contribution is 5.78. The van der Waals surface area contributed by atoms with Gasteiger partial charge in [0.05, 0.1) is 13.1 Å². The number of benzene rings is 1. The van der Waals surface area contributed by atoms with E-state index in [2.05, 4.69) is 4.90 Å². The van der Waals surface area contributed by atoms with Crippen LogP contribution in [0, 0.1) is 12.7 Å². The van der Waals surface area contributed by atoms with Crippen LogP contribution in [0.4, 0.5) is 4.39 Å². The quantitative estimate of drug-likeness (QED) is 0.842.